The molecule has 1 aliphatic rings. The summed E-state index contributed by atoms with van der Waals surface area (Å²) in [7, 11) is -3.75. The minimum absolute atomic E-state index is 0.103. The number of carbonyl (C=O) groups is 1. The maximum Gasteiger partial charge on any atom is 0.254 e. The van der Waals surface area contributed by atoms with Gasteiger partial charge < -0.3 is 13.8 Å². The summed E-state index contributed by atoms with van der Waals surface area (Å²) < 4.78 is 13.1. The Morgan fingerprint density at radius 2 is 1.23 bits per heavy atom. The molecular formula is C25H45NO3Si2. The van der Waals surface area contributed by atoms with Gasteiger partial charge >= 0.3 is 0 Å². The predicted molar refractivity (Wildman–Crippen MR) is 136 cm³/mol. The number of likely N-dealkylation sites (tertiary alicyclic amines) is 1. The Balaban J connectivity index is 2.21. The van der Waals surface area contributed by atoms with Crippen molar-refractivity contribution in [3.63, 3.8) is 0 Å². The molecular weight excluding hydrogens is 418 g/mol. The fourth-order valence-corrected chi connectivity index (χ4v) is 5.48. The lowest BCUT2D eigenvalue weighted by atomic mass is 10.1. The van der Waals surface area contributed by atoms with E-state index < -0.39 is 16.6 Å². The quantitative estimate of drug-likeness (QED) is 0.422. The normalized spacial score (nSPS) is 20.9. The van der Waals surface area contributed by atoms with E-state index in [0.29, 0.717) is 13.2 Å². The van der Waals surface area contributed by atoms with Crippen molar-refractivity contribution < 1.29 is 13.6 Å². The molecule has 1 aromatic rings. The number of carbonyl (C=O) groups excluding carboxylic acids is 1. The number of amides is 1. The van der Waals surface area contributed by atoms with E-state index in [-0.39, 0.29) is 28.1 Å². The highest BCUT2D eigenvalue weighted by atomic mass is 28.4. The van der Waals surface area contributed by atoms with Gasteiger partial charge in [-0.25, -0.2) is 0 Å². The third-order valence-electron chi connectivity index (χ3n) is 7.76. The van der Waals surface area contributed by atoms with Gasteiger partial charge in [-0.05, 0) is 61.2 Å². The van der Waals surface area contributed by atoms with Crippen molar-refractivity contribution in [1.82, 2.24) is 4.90 Å². The first-order valence-corrected chi connectivity index (χ1v) is 17.5. The van der Waals surface area contributed by atoms with Crippen molar-refractivity contribution in [3.8, 4) is 0 Å². The molecule has 0 saturated carbocycles. The standard InChI is InChI=1S/C25H45NO3Si2/c1-24(2,3)30(7,8)28-18-21-16-17-22(19-29-31(9,10)25(4,5)6)26(21)23(27)20-14-12-11-13-15-20/h11-15,21-22H,16-19H2,1-10H3/t21-,22-/m1/s1. The van der Waals surface area contributed by atoms with Gasteiger partial charge in [0.1, 0.15) is 0 Å². The fourth-order valence-electron chi connectivity index (χ4n) is 3.39. The molecule has 1 aromatic carbocycles. The summed E-state index contributed by atoms with van der Waals surface area (Å²) in [6.07, 6.45) is 1.94. The molecule has 1 amide bonds. The molecule has 4 nitrogen and oxygen atoms in total. The van der Waals surface area contributed by atoms with Crippen LogP contribution in [0, 0.1) is 0 Å². The molecule has 0 spiro atoms. The van der Waals surface area contributed by atoms with E-state index in [2.05, 4.69) is 72.6 Å². The summed E-state index contributed by atoms with van der Waals surface area (Å²) in [6.45, 7) is 23.9. The largest absolute Gasteiger partial charge is 0.415 e. The highest BCUT2D eigenvalue weighted by Crippen LogP contribution is 2.39. The Bertz CT molecular complexity index is 697. The van der Waals surface area contributed by atoms with Gasteiger partial charge in [-0.15, -0.1) is 0 Å². The van der Waals surface area contributed by atoms with Crippen LogP contribution in [-0.2, 0) is 8.85 Å². The highest BCUT2D eigenvalue weighted by molar-refractivity contribution is 6.74. The average molecular weight is 464 g/mol. The van der Waals surface area contributed by atoms with Gasteiger partial charge in [0.15, 0.2) is 16.6 Å². The molecule has 1 aliphatic heterocycles. The summed E-state index contributed by atoms with van der Waals surface area (Å²) in [6, 6.07) is 9.87. The Kier molecular flexibility index (Phi) is 8.06. The van der Waals surface area contributed by atoms with E-state index in [1.807, 2.05) is 30.3 Å². The lowest BCUT2D eigenvalue weighted by Crippen LogP contribution is -2.50. The first-order chi connectivity index (χ1) is 14.1. The summed E-state index contributed by atoms with van der Waals surface area (Å²) in [5.74, 6) is 0.103. The molecule has 6 heteroatoms. The summed E-state index contributed by atoms with van der Waals surface area (Å²) in [5.41, 5.74) is 0.749. The maximum absolute atomic E-state index is 13.5. The summed E-state index contributed by atoms with van der Waals surface area (Å²) in [4.78, 5) is 15.6. The minimum atomic E-state index is -1.87. The molecule has 0 aliphatic carbocycles. The molecule has 0 aromatic heterocycles. The van der Waals surface area contributed by atoms with Crippen molar-refractivity contribution in [2.24, 2.45) is 0 Å². The monoisotopic (exact) mass is 463 g/mol. The molecule has 176 valence electrons. The number of nitrogens with zero attached hydrogens (tertiary/aromatic N) is 1. The SMILES string of the molecule is CC(C)(C)[Si](C)(C)OC[C@H]1CC[C@H](CO[Si](C)(C)C(C)(C)C)N1C(=O)c1ccccc1. The second-order valence-electron chi connectivity index (χ2n) is 12.1. The molecule has 0 N–H and O–H groups in total. The molecule has 0 unspecified atom stereocenters. The minimum Gasteiger partial charge on any atom is -0.415 e. The van der Waals surface area contributed by atoms with Gasteiger partial charge in [0, 0.05) is 5.56 Å². The molecule has 1 fully saturated rings. The van der Waals surface area contributed by atoms with Crippen molar-refractivity contribution in [1.29, 1.82) is 0 Å². The van der Waals surface area contributed by atoms with Gasteiger partial charge in [-0.2, -0.15) is 0 Å². The molecule has 1 heterocycles. The van der Waals surface area contributed by atoms with Crippen LogP contribution in [0.15, 0.2) is 30.3 Å². The van der Waals surface area contributed by atoms with E-state index in [9.17, 15) is 4.79 Å². The first kappa shape index (κ1) is 26.3. The first-order valence-electron chi connectivity index (χ1n) is 11.7. The van der Waals surface area contributed by atoms with E-state index in [1.54, 1.807) is 0 Å². The Hall–Kier alpha value is -0.956. The van der Waals surface area contributed by atoms with Crippen LogP contribution in [0.3, 0.4) is 0 Å². The van der Waals surface area contributed by atoms with Gasteiger partial charge in [-0.1, -0.05) is 59.7 Å². The number of hydrogen-bond donors (Lipinski definition) is 0. The molecule has 2 atom stereocenters. The van der Waals surface area contributed by atoms with Crippen LogP contribution < -0.4 is 0 Å². The second-order valence-corrected chi connectivity index (χ2v) is 21.7. The van der Waals surface area contributed by atoms with E-state index in [0.717, 1.165) is 18.4 Å². The fraction of sp³-hybridized carbons (Fsp3) is 0.720. The summed E-state index contributed by atoms with van der Waals surface area (Å²) >= 11 is 0. The third-order valence-corrected chi connectivity index (χ3v) is 16.8. The van der Waals surface area contributed by atoms with Crippen molar-refractivity contribution in [3.05, 3.63) is 35.9 Å². The zero-order valence-electron chi connectivity index (χ0n) is 21.5. The van der Waals surface area contributed by atoms with Crippen LogP contribution in [0.1, 0.15) is 64.7 Å². The Morgan fingerprint density at radius 1 is 0.839 bits per heavy atom. The zero-order chi connectivity index (χ0) is 23.7. The van der Waals surface area contributed by atoms with Gasteiger partial charge in [0.25, 0.3) is 5.91 Å². The van der Waals surface area contributed by atoms with E-state index >= 15 is 0 Å². The van der Waals surface area contributed by atoms with E-state index in [4.69, 9.17) is 8.85 Å². The number of benzene rings is 1. The topological polar surface area (TPSA) is 38.8 Å². The number of hydrogen-bond acceptors (Lipinski definition) is 3. The van der Waals surface area contributed by atoms with Crippen molar-refractivity contribution >= 4 is 22.5 Å². The smallest absolute Gasteiger partial charge is 0.254 e. The maximum atomic E-state index is 13.5. The van der Waals surface area contributed by atoms with Crippen molar-refractivity contribution in [2.45, 2.75) is 103 Å². The molecule has 0 bridgehead atoms. The van der Waals surface area contributed by atoms with Crippen LogP contribution in [0.4, 0.5) is 0 Å². The second kappa shape index (κ2) is 9.50. The lowest BCUT2D eigenvalue weighted by Gasteiger charge is -2.40. The molecule has 31 heavy (non-hydrogen) atoms. The third kappa shape index (κ3) is 6.30. The lowest BCUT2D eigenvalue weighted by molar-refractivity contribution is 0.0537. The van der Waals surface area contributed by atoms with Crippen LogP contribution in [-0.4, -0.2) is 52.7 Å². The summed E-state index contributed by atoms with van der Waals surface area (Å²) in [5, 5.41) is 0.315. The van der Waals surface area contributed by atoms with Gasteiger partial charge in [0.05, 0.1) is 25.3 Å². The van der Waals surface area contributed by atoms with Crippen LogP contribution in [0.25, 0.3) is 0 Å². The van der Waals surface area contributed by atoms with E-state index in [1.165, 1.54) is 0 Å². The van der Waals surface area contributed by atoms with Crippen LogP contribution in [0.2, 0.25) is 36.3 Å². The van der Waals surface area contributed by atoms with Crippen LogP contribution >= 0.6 is 0 Å². The van der Waals surface area contributed by atoms with Crippen LogP contribution in [0.5, 0.6) is 0 Å². The molecule has 1 saturated heterocycles. The Morgan fingerprint density at radius 3 is 1.58 bits per heavy atom. The highest BCUT2D eigenvalue weighted by Gasteiger charge is 2.43. The van der Waals surface area contributed by atoms with Gasteiger partial charge in [-0.3, -0.25) is 4.79 Å². The zero-order valence-corrected chi connectivity index (χ0v) is 23.5. The van der Waals surface area contributed by atoms with Crippen molar-refractivity contribution in [2.75, 3.05) is 13.2 Å². The Labute approximate surface area is 193 Å². The number of rotatable bonds is 7. The predicted octanol–water partition coefficient (Wildman–Crippen LogP) is 6.70. The molecule has 0 radical (unpaired) electrons. The van der Waals surface area contributed by atoms with Gasteiger partial charge in [0.2, 0.25) is 0 Å². The average Bonchev–Trinajstić information content (AvgIpc) is 3.06. The molecule has 2 rings (SSSR count).